The molecule has 1 atom stereocenters. The minimum absolute atomic E-state index is 0.108. The van der Waals surface area contributed by atoms with E-state index in [4.69, 9.17) is 15.2 Å². The van der Waals surface area contributed by atoms with Crippen LogP contribution in [0.4, 0.5) is 10.1 Å². The average molecular weight is 225 g/mol. The maximum atomic E-state index is 12.9. The molecule has 0 spiro atoms. The molecular formula is C12H16FNO2. The summed E-state index contributed by atoms with van der Waals surface area (Å²) in [5, 5.41) is 0. The number of hydrogen-bond acceptors (Lipinski definition) is 3. The highest BCUT2D eigenvalue weighted by atomic mass is 19.1. The summed E-state index contributed by atoms with van der Waals surface area (Å²) in [6.07, 6.45) is 3.37. The van der Waals surface area contributed by atoms with E-state index < -0.39 is 0 Å². The predicted molar refractivity (Wildman–Crippen MR) is 59.9 cm³/mol. The van der Waals surface area contributed by atoms with Crippen molar-refractivity contribution in [3.8, 4) is 5.75 Å². The Hall–Kier alpha value is -1.29. The highest BCUT2D eigenvalue weighted by Crippen LogP contribution is 2.23. The molecule has 0 aromatic heterocycles. The lowest BCUT2D eigenvalue weighted by Crippen LogP contribution is -2.26. The van der Waals surface area contributed by atoms with Crippen LogP contribution in [0, 0.1) is 5.82 Å². The van der Waals surface area contributed by atoms with Crippen molar-refractivity contribution in [2.45, 2.75) is 25.4 Å². The van der Waals surface area contributed by atoms with Gasteiger partial charge in [-0.2, -0.15) is 0 Å². The van der Waals surface area contributed by atoms with Crippen molar-refractivity contribution < 1.29 is 13.9 Å². The quantitative estimate of drug-likeness (QED) is 0.803. The minimum Gasteiger partial charge on any atom is -0.489 e. The summed E-state index contributed by atoms with van der Waals surface area (Å²) < 4.78 is 23.9. The summed E-state index contributed by atoms with van der Waals surface area (Å²) >= 11 is 0. The van der Waals surface area contributed by atoms with Gasteiger partial charge in [-0.05, 0) is 31.4 Å². The first-order chi connectivity index (χ1) is 7.75. The molecule has 3 nitrogen and oxygen atoms in total. The van der Waals surface area contributed by atoms with Gasteiger partial charge in [-0.1, -0.05) is 0 Å². The van der Waals surface area contributed by atoms with Gasteiger partial charge in [0.2, 0.25) is 0 Å². The number of benzene rings is 1. The fourth-order valence-corrected chi connectivity index (χ4v) is 1.75. The van der Waals surface area contributed by atoms with Gasteiger partial charge in [0, 0.05) is 12.7 Å². The van der Waals surface area contributed by atoms with E-state index in [1.807, 2.05) is 0 Å². The van der Waals surface area contributed by atoms with E-state index in [1.165, 1.54) is 18.2 Å². The molecule has 1 aromatic rings. The van der Waals surface area contributed by atoms with Crippen molar-refractivity contribution in [2.24, 2.45) is 0 Å². The summed E-state index contributed by atoms with van der Waals surface area (Å²) in [6.45, 7) is 1.22. The number of halogens is 1. The zero-order chi connectivity index (χ0) is 11.4. The van der Waals surface area contributed by atoms with Crippen LogP contribution >= 0.6 is 0 Å². The number of ether oxygens (including phenoxy) is 2. The highest BCUT2D eigenvalue weighted by molar-refractivity contribution is 5.52. The summed E-state index contributed by atoms with van der Waals surface area (Å²) in [5.74, 6) is 0.0583. The van der Waals surface area contributed by atoms with Gasteiger partial charge in [0.05, 0.1) is 11.8 Å². The van der Waals surface area contributed by atoms with Gasteiger partial charge in [0.15, 0.2) is 0 Å². The first-order valence-electron chi connectivity index (χ1n) is 5.55. The van der Waals surface area contributed by atoms with E-state index in [0.717, 1.165) is 25.9 Å². The van der Waals surface area contributed by atoms with Crippen LogP contribution in [-0.4, -0.2) is 19.3 Å². The van der Waals surface area contributed by atoms with Crippen LogP contribution in [0.3, 0.4) is 0 Å². The molecule has 1 saturated heterocycles. The topological polar surface area (TPSA) is 44.5 Å². The Morgan fingerprint density at radius 3 is 3.06 bits per heavy atom. The van der Waals surface area contributed by atoms with E-state index in [1.54, 1.807) is 0 Å². The number of hydrogen-bond donors (Lipinski definition) is 1. The molecule has 1 heterocycles. The van der Waals surface area contributed by atoms with Gasteiger partial charge in [-0.15, -0.1) is 0 Å². The van der Waals surface area contributed by atoms with E-state index in [9.17, 15) is 4.39 Å². The molecule has 88 valence electrons. The Kier molecular flexibility index (Phi) is 3.62. The highest BCUT2D eigenvalue weighted by Gasteiger charge is 2.15. The Balaban J connectivity index is 1.90. The Labute approximate surface area is 94.3 Å². The lowest BCUT2D eigenvalue weighted by atomic mass is 10.1. The second-order valence-electron chi connectivity index (χ2n) is 3.98. The van der Waals surface area contributed by atoms with Crippen LogP contribution in [0.15, 0.2) is 18.2 Å². The molecule has 2 rings (SSSR count). The molecule has 0 bridgehead atoms. The molecule has 1 aliphatic rings. The van der Waals surface area contributed by atoms with Gasteiger partial charge >= 0.3 is 0 Å². The van der Waals surface area contributed by atoms with Gasteiger partial charge in [0.1, 0.15) is 18.2 Å². The summed E-state index contributed by atoms with van der Waals surface area (Å²) in [5.41, 5.74) is 6.13. The van der Waals surface area contributed by atoms with E-state index in [2.05, 4.69) is 0 Å². The Morgan fingerprint density at radius 2 is 2.31 bits per heavy atom. The van der Waals surface area contributed by atoms with Gasteiger partial charge < -0.3 is 15.2 Å². The lowest BCUT2D eigenvalue weighted by molar-refractivity contribution is -0.0109. The third-order valence-electron chi connectivity index (χ3n) is 2.67. The molecule has 1 unspecified atom stereocenters. The monoisotopic (exact) mass is 225 g/mol. The van der Waals surface area contributed by atoms with Crippen molar-refractivity contribution in [3.05, 3.63) is 24.0 Å². The zero-order valence-corrected chi connectivity index (χ0v) is 9.12. The second kappa shape index (κ2) is 5.16. The van der Waals surface area contributed by atoms with Crippen LogP contribution in [0.25, 0.3) is 0 Å². The zero-order valence-electron chi connectivity index (χ0n) is 9.12. The van der Waals surface area contributed by atoms with Crippen molar-refractivity contribution >= 4 is 5.69 Å². The van der Waals surface area contributed by atoms with Gasteiger partial charge in [0.25, 0.3) is 0 Å². The second-order valence-corrected chi connectivity index (χ2v) is 3.98. The van der Waals surface area contributed by atoms with Crippen molar-refractivity contribution in [2.75, 3.05) is 18.9 Å². The first-order valence-corrected chi connectivity index (χ1v) is 5.55. The largest absolute Gasteiger partial charge is 0.489 e. The molecule has 1 fully saturated rings. The van der Waals surface area contributed by atoms with Gasteiger partial charge in [-0.3, -0.25) is 0 Å². The van der Waals surface area contributed by atoms with Crippen molar-refractivity contribution in [3.63, 3.8) is 0 Å². The van der Waals surface area contributed by atoms with E-state index in [0.29, 0.717) is 18.0 Å². The molecule has 0 aliphatic carbocycles. The van der Waals surface area contributed by atoms with Crippen molar-refractivity contribution in [1.29, 1.82) is 0 Å². The average Bonchev–Trinajstić information content (AvgIpc) is 2.32. The number of anilines is 1. The van der Waals surface area contributed by atoms with E-state index >= 15 is 0 Å². The summed E-state index contributed by atoms with van der Waals surface area (Å²) in [6, 6.07) is 4.13. The normalized spacial score (nSPS) is 20.7. The fraction of sp³-hybridized carbons (Fsp3) is 0.500. The maximum absolute atomic E-state index is 12.9. The molecule has 1 aromatic carbocycles. The fourth-order valence-electron chi connectivity index (χ4n) is 1.75. The summed E-state index contributed by atoms with van der Waals surface area (Å²) in [4.78, 5) is 0. The third-order valence-corrected chi connectivity index (χ3v) is 2.67. The third kappa shape index (κ3) is 2.85. The van der Waals surface area contributed by atoms with Crippen LogP contribution in [0.5, 0.6) is 5.75 Å². The SMILES string of the molecule is Nc1ccc(F)cc1OCC1CCCCO1. The van der Waals surface area contributed by atoms with Crippen molar-refractivity contribution in [1.82, 2.24) is 0 Å². The van der Waals surface area contributed by atoms with E-state index in [-0.39, 0.29) is 11.9 Å². The lowest BCUT2D eigenvalue weighted by Gasteiger charge is -2.22. The summed E-state index contributed by atoms with van der Waals surface area (Å²) in [7, 11) is 0. The standard InChI is InChI=1S/C12H16FNO2/c13-9-4-5-11(14)12(7-9)16-8-10-3-1-2-6-15-10/h4-5,7,10H,1-3,6,8,14H2. The van der Waals surface area contributed by atoms with Crippen LogP contribution in [0.2, 0.25) is 0 Å². The molecule has 16 heavy (non-hydrogen) atoms. The first kappa shape index (κ1) is 11.2. The molecular weight excluding hydrogens is 209 g/mol. The molecule has 0 saturated carbocycles. The molecule has 0 amide bonds. The minimum atomic E-state index is -0.339. The molecule has 2 N–H and O–H groups in total. The maximum Gasteiger partial charge on any atom is 0.145 e. The number of rotatable bonds is 3. The van der Waals surface area contributed by atoms with Gasteiger partial charge in [-0.25, -0.2) is 4.39 Å². The smallest absolute Gasteiger partial charge is 0.145 e. The Bertz CT molecular complexity index is 351. The molecule has 1 aliphatic heterocycles. The predicted octanol–water partition coefficient (Wildman–Crippen LogP) is 2.36. The van der Waals surface area contributed by atoms with Crippen LogP contribution in [-0.2, 0) is 4.74 Å². The van der Waals surface area contributed by atoms with Crippen LogP contribution in [0.1, 0.15) is 19.3 Å². The Morgan fingerprint density at radius 1 is 1.44 bits per heavy atom. The number of nitrogen functional groups attached to an aromatic ring is 1. The molecule has 0 radical (unpaired) electrons. The number of nitrogens with two attached hydrogens (primary N) is 1. The molecule has 4 heteroatoms. The van der Waals surface area contributed by atoms with Crippen LogP contribution < -0.4 is 10.5 Å².